The Morgan fingerprint density at radius 3 is 2.26 bits per heavy atom. The van der Waals surface area contributed by atoms with E-state index in [4.69, 9.17) is 4.74 Å². The van der Waals surface area contributed by atoms with Crippen molar-refractivity contribution >= 4 is 11.8 Å². The van der Waals surface area contributed by atoms with E-state index in [0.717, 1.165) is 22.3 Å². The zero-order chi connectivity index (χ0) is 27.2. The predicted octanol–water partition coefficient (Wildman–Crippen LogP) is 4.97. The molecule has 0 spiro atoms. The smallest absolute Gasteiger partial charge is 0.254 e. The van der Waals surface area contributed by atoms with Crippen molar-refractivity contribution in [3.05, 3.63) is 95.6 Å². The van der Waals surface area contributed by atoms with Crippen LogP contribution >= 0.6 is 0 Å². The molecule has 38 heavy (non-hydrogen) atoms. The second-order valence-corrected chi connectivity index (χ2v) is 10.4. The minimum absolute atomic E-state index is 0.0192. The van der Waals surface area contributed by atoms with Gasteiger partial charge in [-0.1, -0.05) is 79.7 Å². The lowest BCUT2D eigenvalue weighted by Gasteiger charge is -2.35. The summed E-state index contributed by atoms with van der Waals surface area (Å²) < 4.78 is 6.54. The van der Waals surface area contributed by atoms with Gasteiger partial charge >= 0.3 is 0 Å². The molecule has 0 aromatic heterocycles. The summed E-state index contributed by atoms with van der Waals surface area (Å²) in [7, 11) is 1.81. The highest BCUT2D eigenvalue weighted by atomic mass is 16.5. The van der Waals surface area contributed by atoms with Gasteiger partial charge in [0.05, 0.1) is 31.3 Å². The van der Waals surface area contributed by atoms with Crippen molar-refractivity contribution in [1.82, 2.24) is 9.80 Å². The van der Waals surface area contributed by atoms with E-state index in [0.29, 0.717) is 25.3 Å². The second kappa shape index (κ2) is 12.4. The van der Waals surface area contributed by atoms with Crippen molar-refractivity contribution in [2.45, 2.75) is 45.4 Å². The summed E-state index contributed by atoms with van der Waals surface area (Å²) in [6, 6.07) is 25.0. The number of aliphatic hydroxyl groups is 1. The number of rotatable bonds is 6. The fourth-order valence-electron chi connectivity index (χ4n) is 5.13. The Balaban J connectivity index is 1.67. The van der Waals surface area contributed by atoms with E-state index in [2.05, 4.69) is 0 Å². The summed E-state index contributed by atoms with van der Waals surface area (Å²) in [6.45, 7) is 6.83. The van der Waals surface area contributed by atoms with E-state index in [1.165, 1.54) is 0 Å². The quantitative estimate of drug-likeness (QED) is 0.504. The van der Waals surface area contributed by atoms with Gasteiger partial charge in [-0.3, -0.25) is 9.59 Å². The Hall–Kier alpha value is -3.48. The standard InChI is InChI=1S/C32H38N2O4/c1-22-18-34(23(2)20-35)32(37)29-17-11-10-16-28(29)27-15-9-8-14-26(27)21-38-30(22)19-33(4)31(36)24(3)25-12-6-5-7-13-25/h5-17,22-24,30,35H,18-21H2,1-4H3/t22-,23+,24+,30-/m1/s1. The minimum Gasteiger partial charge on any atom is -0.394 e. The van der Waals surface area contributed by atoms with Gasteiger partial charge in [0.2, 0.25) is 5.91 Å². The third kappa shape index (κ3) is 5.98. The molecule has 0 bridgehead atoms. The highest BCUT2D eigenvalue weighted by molar-refractivity contribution is 6.01. The van der Waals surface area contributed by atoms with Gasteiger partial charge in [0.15, 0.2) is 0 Å². The zero-order valence-electron chi connectivity index (χ0n) is 22.7. The summed E-state index contributed by atoms with van der Waals surface area (Å²) in [5.41, 5.74) is 4.36. The van der Waals surface area contributed by atoms with E-state index in [1.807, 2.05) is 107 Å². The SMILES string of the molecule is C[C@H](C(=O)N(C)C[C@H]1OCc2ccccc2-c2ccccc2C(=O)N([C@@H](C)CO)C[C@H]1C)c1ccccc1. The average molecular weight is 515 g/mol. The first-order chi connectivity index (χ1) is 18.3. The molecule has 200 valence electrons. The van der Waals surface area contributed by atoms with Crippen LogP contribution in [-0.4, -0.2) is 65.6 Å². The fraction of sp³-hybridized carbons (Fsp3) is 0.375. The van der Waals surface area contributed by atoms with Crippen molar-refractivity contribution in [3.63, 3.8) is 0 Å². The van der Waals surface area contributed by atoms with Gasteiger partial charge in [-0.2, -0.15) is 0 Å². The topological polar surface area (TPSA) is 70.1 Å². The molecule has 0 radical (unpaired) electrons. The van der Waals surface area contributed by atoms with E-state index in [9.17, 15) is 14.7 Å². The molecule has 4 rings (SSSR count). The van der Waals surface area contributed by atoms with E-state index in [1.54, 1.807) is 9.80 Å². The van der Waals surface area contributed by atoms with Gasteiger partial charge in [-0.05, 0) is 42.2 Å². The molecule has 3 aromatic carbocycles. The van der Waals surface area contributed by atoms with Crippen LogP contribution in [0, 0.1) is 5.92 Å². The van der Waals surface area contributed by atoms with Gasteiger partial charge in [0.1, 0.15) is 0 Å². The molecule has 1 aliphatic rings. The Morgan fingerprint density at radius 2 is 1.58 bits per heavy atom. The van der Waals surface area contributed by atoms with Crippen LogP contribution in [0.1, 0.15) is 48.2 Å². The summed E-state index contributed by atoms with van der Waals surface area (Å²) in [5.74, 6) is -0.466. The van der Waals surface area contributed by atoms with E-state index < -0.39 is 0 Å². The molecule has 0 fully saturated rings. The Labute approximate surface area is 225 Å². The lowest BCUT2D eigenvalue weighted by atomic mass is 9.94. The van der Waals surface area contributed by atoms with Crippen LogP contribution in [0.4, 0.5) is 0 Å². The number of likely N-dealkylation sites (N-methyl/N-ethyl adjacent to an activating group) is 1. The molecule has 0 saturated heterocycles. The molecule has 3 aromatic rings. The van der Waals surface area contributed by atoms with Crippen LogP contribution in [-0.2, 0) is 16.1 Å². The maximum atomic E-state index is 13.9. The number of carbonyl (C=O) groups excluding carboxylic acids is 2. The highest BCUT2D eigenvalue weighted by Crippen LogP contribution is 2.31. The summed E-state index contributed by atoms with van der Waals surface area (Å²) in [5, 5.41) is 10.0. The number of aliphatic hydroxyl groups excluding tert-OH is 1. The Morgan fingerprint density at radius 1 is 0.974 bits per heavy atom. The van der Waals surface area contributed by atoms with Crippen molar-refractivity contribution in [1.29, 1.82) is 0 Å². The third-order valence-corrected chi connectivity index (χ3v) is 7.59. The van der Waals surface area contributed by atoms with Gasteiger partial charge in [0, 0.05) is 31.6 Å². The number of amides is 2. The van der Waals surface area contributed by atoms with Crippen molar-refractivity contribution in [2.24, 2.45) is 5.92 Å². The molecule has 1 aliphatic heterocycles. The van der Waals surface area contributed by atoms with Crippen LogP contribution in [0.2, 0.25) is 0 Å². The highest BCUT2D eigenvalue weighted by Gasteiger charge is 2.32. The number of hydrogen-bond acceptors (Lipinski definition) is 4. The van der Waals surface area contributed by atoms with Gasteiger partial charge in [-0.25, -0.2) is 0 Å². The summed E-state index contributed by atoms with van der Waals surface area (Å²) in [6.07, 6.45) is -0.317. The molecule has 0 saturated carbocycles. The first-order valence-electron chi connectivity index (χ1n) is 13.3. The van der Waals surface area contributed by atoms with Crippen LogP contribution in [0.5, 0.6) is 0 Å². The number of hydrogen-bond donors (Lipinski definition) is 1. The van der Waals surface area contributed by atoms with Crippen LogP contribution in [0.15, 0.2) is 78.9 Å². The molecule has 6 heteroatoms. The average Bonchev–Trinajstić information content (AvgIpc) is 2.97. The summed E-state index contributed by atoms with van der Waals surface area (Å²) >= 11 is 0. The lowest BCUT2D eigenvalue weighted by molar-refractivity contribution is -0.134. The van der Waals surface area contributed by atoms with Crippen LogP contribution in [0.3, 0.4) is 0 Å². The maximum absolute atomic E-state index is 13.9. The maximum Gasteiger partial charge on any atom is 0.254 e. The van der Waals surface area contributed by atoms with Crippen molar-refractivity contribution in [2.75, 3.05) is 26.7 Å². The zero-order valence-corrected chi connectivity index (χ0v) is 22.7. The number of carbonyl (C=O) groups is 2. The molecule has 6 nitrogen and oxygen atoms in total. The molecule has 0 unspecified atom stereocenters. The normalized spacial score (nSPS) is 19.5. The van der Waals surface area contributed by atoms with Crippen molar-refractivity contribution in [3.8, 4) is 11.1 Å². The van der Waals surface area contributed by atoms with Gasteiger partial charge in [0.25, 0.3) is 5.91 Å². The van der Waals surface area contributed by atoms with Gasteiger partial charge < -0.3 is 19.6 Å². The third-order valence-electron chi connectivity index (χ3n) is 7.59. The number of fused-ring (bicyclic) bond motifs is 3. The van der Waals surface area contributed by atoms with Crippen molar-refractivity contribution < 1.29 is 19.4 Å². The minimum atomic E-state index is -0.368. The molecule has 1 N–H and O–H groups in total. The molecule has 2 amide bonds. The Kier molecular flexibility index (Phi) is 8.97. The Bertz CT molecular complexity index is 1240. The summed E-state index contributed by atoms with van der Waals surface area (Å²) in [4.78, 5) is 30.7. The largest absolute Gasteiger partial charge is 0.394 e. The molecule has 0 aliphatic carbocycles. The number of benzene rings is 3. The first kappa shape index (κ1) is 27.6. The van der Waals surface area contributed by atoms with Crippen LogP contribution in [0.25, 0.3) is 11.1 Å². The van der Waals surface area contributed by atoms with Crippen LogP contribution < -0.4 is 0 Å². The van der Waals surface area contributed by atoms with E-state index >= 15 is 0 Å². The number of nitrogens with zero attached hydrogens (tertiary/aromatic N) is 2. The molecule has 1 heterocycles. The van der Waals surface area contributed by atoms with Gasteiger partial charge in [-0.15, -0.1) is 0 Å². The fourth-order valence-corrected chi connectivity index (χ4v) is 5.13. The van der Waals surface area contributed by atoms with E-state index in [-0.39, 0.29) is 42.4 Å². The first-order valence-corrected chi connectivity index (χ1v) is 13.3. The molecular weight excluding hydrogens is 476 g/mol. The lowest BCUT2D eigenvalue weighted by Crippen LogP contribution is -2.48. The molecular formula is C32H38N2O4. The monoisotopic (exact) mass is 514 g/mol. The number of ether oxygens (including phenoxy) is 1. The predicted molar refractivity (Wildman–Crippen MR) is 150 cm³/mol. The second-order valence-electron chi connectivity index (χ2n) is 10.4. The molecule has 4 atom stereocenters.